The predicted octanol–water partition coefficient (Wildman–Crippen LogP) is 4.88. The molecule has 2 saturated heterocycles. The van der Waals surface area contributed by atoms with Crippen molar-refractivity contribution >= 4 is 17.4 Å². The molecule has 3 N–H and O–H groups in total. The Morgan fingerprint density at radius 3 is 2.48 bits per heavy atom. The molecule has 1 aliphatic carbocycles. The molecule has 1 saturated carbocycles. The molecule has 9 nitrogen and oxygen atoms in total. The molecule has 0 bridgehead atoms. The minimum atomic E-state index is -1.27. The van der Waals surface area contributed by atoms with Crippen molar-refractivity contribution in [3.63, 3.8) is 0 Å². The molecular formula is C30H39ClN6O3. The van der Waals surface area contributed by atoms with Crippen LogP contribution in [0, 0.1) is 26.2 Å². The van der Waals surface area contributed by atoms with E-state index in [9.17, 15) is 5.11 Å². The fourth-order valence-electron chi connectivity index (χ4n) is 6.11. The van der Waals surface area contributed by atoms with Crippen LogP contribution in [0.4, 0.5) is 5.82 Å². The number of halogens is 1. The number of aryl methyl sites for hydroxylation is 2. The fraction of sp³-hybridized carbons (Fsp3) is 0.567. The highest BCUT2D eigenvalue weighted by Gasteiger charge is 2.47. The van der Waals surface area contributed by atoms with Gasteiger partial charge in [0.1, 0.15) is 23.4 Å². The van der Waals surface area contributed by atoms with Crippen molar-refractivity contribution < 1.29 is 14.4 Å². The second-order valence-corrected chi connectivity index (χ2v) is 12.7. The van der Waals surface area contributed by atoms with Gasteiger partial charge in [-0.15, -0.1) is 0 Å². The van der Waals surface area contributed by atoms with E-state index < -0.39 is 11.8 Å². The molecule has 2 unspecified atom stereocenters. The van der Waals surface area contributed by atoms with E-state index in [4.69, 9.17) is 36.6 Å². The fourth-order valence-corrected chi connectivity index (χ4v) is 6.31. The van der Waals surface area contributed by atoms with E-state index in [2.05, 4.69) is 21.9 Å². The van der Waals surface area contributed by atoms with Crippen LogP contribution in [0.2, 0.25) is 5.02 Å². The maximum Gasteiger partial charge on any atom is 0.181 e. The number of aromatic nitrogens is 3. The number of likely N-dealkylation sites (tertiary alicyclic amines) is 1. The zero-order valence-corrected chi connectivity index (χ0v) is 24.8. The van der Waals surface area contributed by atoms with Gasteiger partial charge < -0.3 is 24.2 Å². The summed E-state index contributed by atoms with van der Waals surface area (Å²) in [6, 6.07) is 6.10. The quantitative estimate of drug-likeness (QED) is 0.386. The number of nitrogens with zero attached hydrogens (tertiary/aromatic N) is 5. The average molecular weight is 567 g/mol. The smallest absolute Gasteiger partial charge is 0.181 e. The van der Waals surface area contributed by atoms with Crippen LogP contribution < -0.4 is 15.4 Å². The van der Waals surface area contributed by atoms with Crippen molar-refractivity contribution in [3.8, 4) is 28.4 Å². The molecule has 3 aromatic rings. The summed E-state index contributed by atoms with van der Waals surface area (Å²) in [6.45, 7) is 13.5. The second-order valence-electron chi connectivity index (χ2n) is 12.3. The van der Waals surface area contributed by atoms with Gasteiger partial charge in [-0.2, -0.15) is 0 Å². The van der Waals surface area contributed by atoms with Gasteiger partial charge in [-0.25, -0.2) is 9.97 Å². The first-order chi connectivity index (χ1) is 19.0. The highest BCUT2D eigenvalue weighted by molar-refractivity contribution is 6.33. The Balaban J connectivity index is 1.37. The number of benzene rings is 1. The van der Waals surface area contributed by atoms with Crippen molar-refractivity contribution in [1.82, 2.24) is 20.0 Å². The van der Waals surface area contributed by atoms with Gasteiger partial charge in [0.05, 0.1) is 22.0 Å². The van der Waals surface area contributed by atoms with E-state index in [0.717, 1.165) is 47.5 Å². The van der Waals surface area contributed by atoms with Crippen LogP contribution in [0.15, 0.2) is 22.7 Å². The second kappa shape index (κ2) is 9.98. The predicted molar refractivity (Wildman–Crippen MR) is 156 cm³/mol. The number of nitrogens with two attached hydrogens (primary N) is 1. The first-order valence-corrected chi connectivity index (χ1v) is 14.6. The lowest BCUT2D eigenvalue weighted by Crippen LogP contribution is -2.61. The summed E-state index contributed by atoms with van der Waals surface area (Å²) in [4.78, 5) is 15.2. The minimum absolute atomic E-state index is 0.351. The van der Waals surface area contributed by atoms with E-state index >= 15 is 0 Å². The lowest BCUT2D eigenvalue weighted by atomic mass is 9.72. The summed E-state index contributed by atoms with van der Waals surface area (Å²) in [5.74, 6) is 2.58. The normalized spacial score (nSPS) is 21.2. The van der Waals surface area contributed by atoms with Crippen LogP contribution in [0.5, 0.6) is 5.75 Å². The highest BCUT2D eigenvalue weighted by atomic mass is 35.5. The van der Waals surface area contributed by atoms with E-state index in [1.54, 1.807) is 32.0 Å². The van der Waals surface area contributed by atoms with Crippen LogP contribution in [-0.2, 0) is 0 Å². The molecule has 2 atom stereocenters. The van der Waals surface area contributed by atoms with Crippen LogP contribution in [0.1, 0.15) is 56.5 Å². The maximum atomic E-state index is 10.1. The lowest BCUT2D eigenvalue weighted by Gasteiger charge is -2.55. The Bertz CT molecular complexity index is 1400. The molecule has 40 heavy (non-hydrogen) atoms. The van der Waals surface area contributed by atoms with Crippen molar-refractivity contribution in [1.29, 1.82) is 0 Å². The highest BCUT2D eigenvalue weighted by Crippen LogP contribution is 2.46. The number of hydrogen-bond donors (Lipinski definition) is 2. The molecule has 4 heterocycles. The minimum Gasteiger partial charge on any atom is -0.471 e. The number of rotatable bonds is 7. The Hall–Kier alpha value is -2.72. The lowest BCUT2D eigenvalue weighted by molar-refractivity contribution is -0.0268. The van der Waals surface area contributed by atoms with Crippen LogP contribution in [-0.4, -0.2) is 69.2 Å². The molecule has 3 aliphatic rings. The van der Waals surface area contributed by atoms with E-state index in [0.29, 0.717) is 33.3 Å². The SMILES string of the molecule is Cc1noc(C)c1-c1nc(-c2cc(OC(C)(N)C(C)O)ccc2Cl)nc(N2CC3(CCN(C4CC4)CC3)C2)c1C. The average Bonchev–Trinajstić information content (AvgIpc) is 3.69. The summed E-state index contributed by atoms with van der Waals surface area (Å²) >= 11 is 6.72. The molecule has 2 aromatic heterocycles. The van der Waals surface area contributed by atoms with Gasteiger partial charge >= 0.3 is 0 Å². The molecule has 1 aromatic carbocycles. The van der Waals surface area contributed by atoms with E-state index in [-0.39, 0.29) is 0 Å². The van der Waals surface area contributed by atoms with Gasteiger partial charge in [-0.1, -0.05) is 16.8 Å². The Kier molecular flexibility index (Phi) is 6.85. The molecule has 6 rings (SSSR count). The Labute approximate surface area is 240 Å². The monoisotopic (exact) mass is 566 g/mol. The Morgan fingerprint density at radius 1 is 1.18 bits per heavy atom. The molecule has 0 amide bonds. The van der Waals surface area contributed by atoms with Crippen molar-refractivity contribution in [2.75, 3.05) is 31.1 Å². The molecule has 3 fully saturated rings. The van der Waals surface area contributed by atoms with Gasteiger partial charge in [0.15, 0.2) is 11.5 Å². The standard InChI is InChI=1S/C30H39ClN6O3/c1-17-26(25-18(2)35-40-19(25)3)33-27(23-14-22(8-9-24(23)31)39-29(5,32)20(4)38)34-28(17)37-15-30(16-37)10-12-36(13-11-30)21-6-7-21/h8-9,14,20-21,38H,6-7,10-13,15-16,32H2,1-5H3. The summed E-state index contributed by atoms with van der Waals surface area (Å²) in [6.07, 6.45) is 4.32. The number of aliphatic hydroxyl groups is 1. The molecule has 0 radical (unpaired) electrons. The Morgan fingerprint density at radius 2 is 1.88 bits per heavy atom. The third kappa shape index (κ3) is 4.98. The number of anilines is 1. The molecule has 10 heteroatoms. The van der Waals surface area contributed by atoms with Crippen molar-refractivity contribution in [2.24, 2.45) is 11.1 Å². The number of piperidine rings is 1. The molecule has 214 valence electrons. The van der Waals surface area contributed by atoms with Crippen molar-refractivity contribution in [2.45, 2.75) is 78.2 Å². The van der Waals surface area contributed by atoms with E-state index in [1.807, 2.05) is 13.8 Å². The van der Waals surface area contributed by atoms with Gasteiger partial charge in [0.2, 0.25) is 0 Å². The number of ether oxygens (including phenoxy) is 1. The summed E-state index contributed by atoms with van der Waals surface area (Å²) in [7, 11) is 0. The van der Waals surface area contributed by atoms with E-state index in [1.165, 1.54) is 38.8 Å². The zero-order valence-electron chi connectivity index (χ0n) is 24.0. The maximum absolute atomic E-state index is 10.1. The number of hydrogen-bond acceptors (Lipinski definition) is 9. The van der Waals surface area contributed by atoms with Gasteiger partial charge in [-0.3, -0.25) is 5.73 Å². The summed E-state index contributed by atoms with van der Waals surface area (Å²) < 4.78 is 11.5. The molecule has 1 spiro atoms. The first kappa shape index (κ1) is 27.4. The third-order valence-corrected chi connectivity index (χ3v) is 9.34. The van der Waals surface area contributed by atoms with Gasteiger partial charge in [0, 0.05) is 35.7 Å². The zero-order chi connectivity index (χ0) is 28.4. The largest absolute Gasteiger partial charge is 0.471 e. The topological polar surface area (TPSA) is 114 Å². The summed E-state index contributed by atoms with van der Waals surface area (Å²) in [5, 5.41) is 14.7. The molecular weight excluding hydrogens is 528 g/mol. The van der Waals surface area contributed by atoms with Crippen LogP contribution in [0.25, 0.3) is 22.6 Å². The van der Waals surface area contributed by atoms with Gasteiger partial charge in [-0.05, 0) is 91.6 Å². The third-order valence-electron chi connectivity index (χ3n) is 9.01. The summed E-state index contributed by atoms with van der Waals surface area (Å²) in [5.41, 5.74) is 9.33. The van der Waals surface area contributed by atoms with Crippen molar-refractivity contribution in [3.05, 3.63) is 40.2 Å². The first-order valence-electron chi connectivity index (χ1n) is 14.2. The molecule has 2 aliphatic heterocycles. The van der Waals surface area contributed by atoms with Gasteiger partial charge in [0.25, 0.3) is 0 Å². The van der Waals surface area contributed by atoms with Crippen LogP contribution in [0.3, 0.4) is 0 Å². The van der Waals surface area contributed by atoms with Crippen LogP contribution >= 0.6 is 11.6 Å². The number of aliphatic hydroxyl groups excluding tert-OH is 1.